The molecule has 0 saturated carbocycles. The van der Waals surface area contributed by atoms with Crippen LogP contribution in [0.1, 0.15) is 13.2 Å². The molecule has 0 bridgehead atoms. The van der Waals surface area contributed by atoms with E-state index >= 15 is 0 Å². The van der Waals surface area contributed by atoms with Crippen molar-refractivity contribution >= 4 is 24.6 Å². The summed E-state index contributed by atoms with van der Waals surface area (Å²) >= 11 is 0. The Morgan fingerprint density at radius 2 is 2.19 bits per heavy atom. The summed E-state index contributed by atoms with van der Waals surface area (Å²) in [5.74, 6) is 0.241. The van der Waals surface area contributed by atoms with Crippen molar-refractivity contribution in [1.82, 2.24) is 19.5 Å². The number of anilines is 1. The molecule has 2 rings (SSSR count). The molecule has 21 heavy (non-hydrogen) atoms. The second kappa shape index (κ2) is 6.46. The Kier molecular flexibility index (Phi) is 4.86. The zero-order chi connectivity index (χ0) is 15.5. The van der Waals surface area contributed by atoms with E-state index in [1.54, 1.807) is 11.5 Å². The highest BCUT2D eigenvalue weighted by atomic mass is 31.2. The van der Waals surface area contributed by atoms with Gasteiger partial charge in [0.2, 0.25) is 0 Å². The van der Waals surface area contributed by atoms with Crippen LogP contribution in [0.2, 0.25) is 0 Å². The summed E-state index contributed by atoms with van der Waals surface area (Å²) in [4.78, 5) is 29.6. The average molecular weight is 317 g/mol. The molecular weight excluding hydrogens is 301 g/mol. The summed E-state index contributed by atoms with van der Waals surface area (Å²) in [6.45, 7) is 2.11. The number of rotatable bonds is 7. The lowest BCUT2D eigenvalue weighted by Crippen LogP contribution is -2.19. The highest BCUT2D eigenvalue weighted by Gasteiger charge is 2.19. The van der Waals surface area contributed by atoms with Crippen molar-refractivity contribution in [3.05, 3.63) is 12.7 Å². The third-order valence-electron chi connectivity index (χ3n) is 2.58. The number of nitrogens with zero attached hydrogens (tertiary/aromatic N) is 4. The molecule has 116 valence electrons. The van der Waals surface area contributed by atoms with E-state index < -0.39 is 20.2 Å². The summed E-state index contributed by atoms with van der Waals surface area (Å²) in [5.41, 5.74) is 6.59. The molecule has 1 atom stereocenters. The molecule has 1 unspecified atom stereocenters. The maximum atomic E-state index is 10.8. The highest BCUT2D eigenvalue weighted by Crippen LogP contribution is 2.34. The van der Waals surface area contributed by atoms with E-state index in [4.69, 9.17) is 25.0 Å². The van der Waals surface area contributed by atoms with E-state index in [2.05, 4.69) is 15.0 Å². The van der Waals surface area contributed by atoms with Gasteiger partial charge >= 0.3 is 7.60 Å². The van der Waals surface area contributed by atoms with Crippen LogP contribution in [0, 0.1) is 0 Å². The molecule has 0 amide bonds. The van der Waals surface area contributed by atoms with E-state index in [1.807, 2.05) is 0 Å². The molecule has 2 aromatic heterocycles. The predicted molar refractivity (Wildman–Crippen MR) is 73.3 cm³/mol. The van der Waals surface area contributed by atoms with Crippen LogP contribution in [0.25, 0.3) is 11.2 Å². The molecule has 10 nitrogen and oxygen atoms in total. The van der Waals surface area contributed by atoms with Crippen molar-refractivity contribution in [1.29, 1.82) is 0 Å². The zero-order valence-corrected chi connectivity index (χ0v) is 12.2. The molecule has 0 spiro atoms. The van der Waals surface area contributed by atoms with E-state index in [0.717, 1.165) is 0 Å². The molecule has 11 heteroatoms. The zero-order valence-electron chi connectivity index (χ0n) is 11.3. The number of nitrogen functional groups attached to an aromatic ring is 1. The monoisotopic (exact) mass is 317 g/mol. The Labute approximate surface area is 120 Å². The minimum atomic E-state index is -4.22. The summed E-state index contributed by atoms with van der Waals surface area (Å²) in [7, 11) is -4.22. The fourth-order valence-corrected chi connectivity index (χ4v) is 2.10. The Morgan fingerprint density at radius 1 is 1.43 bits per heavy atom. The first-order chi connectivity index (χ1) is 9.92. The van der Waals surface area contributed by atoms with Crippen molar-refractivity contribution in [2.75, 3.05) is 25.3 Å². The first kappa shape index (κ1) is 15.8. The molecule has 0 aromatic carbocycles. The van der Waals surface area contributed by atoms with Gasteiger partial charge in [-0.2, -0.15) is 0 Å². The predicted octanol–water partition coefficient (Wildman–Crippen LogP) is 0.0954. The number of fused-ring (bicyclic) bond motifs is 1. The molecular formula is C10H16N5O5P. The molecule has 2 heterocycles. The Balaban J connectivity index is 2.20. The van der Waals surface area contributed by atoms with Crippen LogP contribution in [0.15, 0.2) is 12.7 Å². The van der Waals surface area contributed by atoms with E-state index in [-0.39, 0.29) is 12.4 Å². The van der Waals surface area contributed by atoms with Gasteiger partial charge in [0.05, 0.1) is 12.9 Å². The number of nitrogens with two attached hydrogens (primary N) is 1. The third kappa shape index (κ3) is 3.96. The minimum Gasteiger partial charge on any atom is -0.382 e. The van der Waals surface area contributed by atoms with Gasteiger partial charge in [-0.15, -0.1) is 0 Å². The van der Waals surface area contributed by atoms with Gasteiger partial charge in [-0.3, -0.25) is 9.13 Å². The van der Waals surface area contributed by atoms with Crippen LogP contribution in [-0.2, 0) is 14.0 Å². The maximum Gasteiger partial charge on any atom is 0.350 e. The van der Waals surface area contributed by atoms with Crippen molar-refractivity contribution in [2.45, 2.75) is 13.2 Å². The minimum absolute atomic E-state index is 0.0612. The third-order valence-corrected chi connectivity index (χ3v) is 3.10. The van der Waals surface area contributed by atoms with Crippen LogP contribution < -0.4 is 5.73 Å². The number of imidazole rings is 1. The van der Waals surface area contributed by atoms with Crippen molar-refractivity contribution in [3.63, 3.8) is 0 Å². The number of hydrogen-bond donors (Lipinski definition) is 3. The van der Waals surface area contributed by atoms with Crippen LogP contribution in [-0.4, -0.2) is 48.9 Å². The normalized spacial score (nSPS) is 13.7. The van der Waals surface area contributed by atoms with Crippen LogP contribution >= 0.6 is 7.60 Å². The fraction of sp³-hybridized carbons (Fsp3) is 0.500. The van der Waals surface area contributed by atoms with Crippen molar-refractivity contribution < 1.29 is 23.8 Å². The van der Waals surface area contributed by atoms with Gasteiger partial charge in [0.25, 0.3) is 0 Å². The quantitative estimate of drug-likeness (QED) is 0.605. The van der Waals surface area contributed by atoms with Crippen molar-refractivity contribution in [2.24, 2.45) is 0 Å². The largest absolute Gasteiger partial charge is 0.382 e. The Hall–Kier alpha value is -1.58. The lowest BCUT2D eigenvalue weighted by Gasteiger charge is -2.19. The summed E-state index contributed by atoms with van der Waals surface area (Å²) in [6.07, 6.45) is 1.47. The van der Waals surface area contributed by atoms with Crippen LogP contribution in [0.3, 0.4) is 0 Å². The SMILES string of the molecule is CCOC(COCP(=O)(O)O)n1cnc2c(N)ncnc21. The summed E-state index contributed by atoms with van der Waals surface area (Å²) in [6, 6.07) is 0. The molecule has 0 saturated heterocycles. The number of ether oxygens (including phenoxy) is 2. The smallest absolute Gasteiger partial charge is 0.350 e. The van der Waals surface area contributed by atoms with E-state index in [9.17, 15) is 4.57 Å². The van der Waals surface area contributed by atoms with Gasteiger partial charge < -0.3 is 25.0 Å². The fourth-order valence-electron chi connectivity index (χ4n) is 1.75. The van der Waals surface area contributed by atoms with Crippen LogP contribution in [0.4, 0.5) is 5.82 Å². The first-order valence-corrected chi connectivity index (χ1v) is 7.89. The molecule has 0 aliphatic heterocycles. The average Bonchev–Trinajstić information content (AvgIpc) is 2.81. The van der Waals surface area contributed by atoms with E-state index in [1.165, 1.54) is 12.7 Å². The number of aromatic nitrogens is 4. The lowest BCUT2D eigenvalue weighted by molar-refractivity contribution is -0.0446. The molecule has 0 aliphatic rings. The second-order valence-corrected chi connectivity index (χ2v) is 5.75. The van der Waals surface area contributed by atoms with Crippen LogP contribution in [0.5, 0.6) is 0 Å². The van der Waals surface area contributed by atoms with Gasteiger partial charge in [0.15, 0.2) is 17.7 Å². The van der Waals surface area contributed by atoms with Gasteiger partial charge in [-0.05, 0) is 6.92 Å². The highest BCUT2D eigenvalue weighted by molar-refractivity contribution is 7.51. The Bertz CT molecular complexity index is 656. The Morgan fingerprint density at radius 3 is 2.86 bits per heavy atom. The van der Waals surface area contributed by atoms with E-state index in [0.29, 0.717) is 17.8 Å². The van der Waals surface area contributed by atoms with Gasteiger partial charge in [-0.25, -0.2) is 15.0 Å². The topological polar surface area (TPSA) is 146 Å². The van der Waals surface area contributed by atoms with Gasteiger partial charge in [0, 0.05) is 6.61 Å². The molecule has 0 fully saturated rings. The second-order valence-electron chi connectivity index (χ2n) is 4.16. The van der Waals surface area contributed by atoms with Gasteiger partial charge in [-0.1, -0.05) is 0 Å². The summed E-state index contributed by atoms with van der Waals surface area (Å²) in [5, 5.41) is 0. The molecule has 0 aliphatic carbocycles. The maximum absolute atomic E-state index is 10.8. The summed E-state index contributed by atoms with van der Waals surface area (Å²) < 4.78 is 22.9. The van der Waals surface area contributed by atoms with Crippen molar-refractivity contribution in [3.8, 4) is 0 Å². The standard InChI is InChI=1S/C10H16N5O5P/c1-2-20-7(3-19-6-21(16,17)18)15-5-14-8-9(11)12-4-13-10(8)15/h4-5,7H,2-3,6H2,1H3,(H2,11,12,13)(H2,16,17,18). The molecule has 4 N–H and O–H groups in total. The first-order valence-electron chi connectivity index (χ1n) is 6.09. The number of hydrogen-bond acceptors (Lipinski definition) is 7. The van der Waals surface area contributed by atoms with Gasteiger partial charge in [0.1, 0.15) is 18.2 Å². The lowest BCUT2D eigenvalue weighted by atomic mass is 10.5. The molecule has 2 aromatic rings. The molecule has 0 radical (unpaired) electrons.